The monoisotopic (exact) mass is 225 g/mol. The van der Waals surface area contributed by atoms with Crippen LogP contribution in [0.5, 0.6) is 0 Å². The van der Waals surface area contributed by atoms with Crippen molar-refractivity contribution in [2.45, 2.75) is 0 Å². The first-order valence-electron chi connectivity index (χ1n) is 5.62. The summed E-state index contributed by atoms with van der Waals surface area (Å²) in [5, 5.41) is 18.4. The Kier molecular flexibility index (Phi) is 5.42. The third kappa shape index (κ3) is 3.02. The molecule has 1 rings (SSSR count). The van der Waals surface area contributed by atoms with E-state index in [2.05, 4.69) is 0 Å². The van der Waals surface area contributed by atoms with E-state index < -0.39 is 0 Å². The molecule has 0 spiro atoms. The molecule has 16 heavy (non-hydrogen) atoms. The fourth-order valence-corrected chi connectivity index (χ4v) is 2.10. The van der Waals surface area contributed by atoms with Crippen molar-refractivity contribution in [2.75, 3.05) is 39.4 Å². The maximum Gasteiger partial charge on any atom is 0.133 e. The predicted molar refractivity (Wildman–Crippen MR) is 66.1 cm³/mol. The summed E-state index contributed by atoms with van der Waals surface area (Å²) in [6, 6.07) is 9.92. The number of hydrogen-bond acceptors (Lipinski definition) is 3. The molecule has 90 valence electrons. The smallest absolute Gasteiger partial charge is 0.133 e. The molecule has 0 bridgehead atoms. The van der Waals surface area contributed by atoms with Gasteiger partial charge in [-0.1, -0.05) is 18.2 Å². The minimum absolute atomic E-state index is 0.0922. The average molecular weight is 225 g/mol. The minimum Gasteiger partial charge on any atom is -0.390 e. The van der Waals surface area contributed by atoms with Gasteiger partial charge in [0.2, 0.25) is 0 Å². The Hall–Kier alpha value is -0.940. The van der Waals surface area contributed by atoms with Crippen LogP contribution in [0.1, 0.15) is 0 Å². The van der Waals surface area contributed by atoms with Gasteiger partial charge in [0.15, 0.2) is 0 Å². The highest BCUT2D eigenvalue weighted by molar-refractivity contribution is 5.42. The maximum absolute atomic E-state index is 9.18. The number of aliphatic hydroxyl groups is 2. The molecule has 4 nitrogen and oxygen atoms in total. The molecule has 4 N–H and O–H groups in total. The molecule has 1 aromatic carbocycles. The summed E-state index contributed by atoms with van der Waals surface area (Å²) in [6.45, 7) is 2.62. The van der Waals surface area contributed by atoms with Crippen molar-refractivity contribution in [3.05, 3.63) is 30.3 Å². The predicted octanol–water partition coefficient (Wildman–Crippen LogP) is -0.0628. The van der Waals surface area contributed by atoms with Gasteiger partial charge in [-0.25, -0.2) is 0 Å². The van der Waals surface area contributed by atoms with E-state index in [0.29, 0.717) is 24.1 Å². The van der Waals surface area contributed by atoms with E-state index in [1.165, 1.54) is 0 Å². The molecule has 0 radical (unpaired) electrons. The van der Waals surface area contributed by atoms with Crippen LogP contribution in [0.25, 0.3) is 0 Å². The molecular weight excluding hydrogens is 204 g/mol. The van der Waals surface area contributed by atoms with Crippen molar-refractivity contribution >= 4 is 5.69 Å². The molecule has 0 aliphatic heterocycles. The van der Waals surface area contributed by atoms with Crippen LogP contribution >= 0.6 is 0 Å². The molecular formula is C12H21N2O2+. The van der Waals surface area contributed by atoms with Gasteiger partial charge < -0.3 is 15.9 Å². The van der Waals surface area contributed by atoms with Crippen LogP contribution in [0.4, 0.5) is 5.69 Å². The largest absolute Gasteiger partial charge is 0.390 e. The third-order valence-corrected chi connectivity index (χ3v) is 2.92. The number of benzene rings is 1. The van der Waals surface area contributed by atoms with Crippen LogP contribution in [0.3, 0.4) is 0 Å². The highest BCUT2D eigenvalue weighted by Crippen LogP contribution is 2.21. The number of rotatable bonds is 7. The van der Waals surface area contributed by atoms with Gasteiger partial charge in [-0.2, -0.15) is 0 Å². The van der Waals surface area contributed by atoms with Gasteiger partial charge in [-0.05, 0) is 12.1 Å². The summed E-state index contributed by atoms with van der Waals surface area (Å²) in [7, 11) is 0. The minimum atomic E-state index is 0.0922. The van der Waals surface area contributed by atoms with Crippen molar-refractivity contribution in [3.63, 3.8) is 0 Å². The SMILES string of the molecule is NCC[N+](CCO)(CCO)c1ccccc1. The second-order valence-corrected chi connectivity index (χ2v) is 3.89. The Morgan fingerprint density at radius 1 is 0.938 bits per heavy atom. The Labute approximate surface area is 96.5 Å². The molecule has 0 saturated heterocycles. The van der Waals surface area contributed by atoms with Crippen LogP contribution in [-0.4, -0.2) is 49.6 Å². The maximum atomic E-state index is 9.18. The first kappa shape index (κ1) is 13.1. The number of nitrogens with two attached hydrogens (primary N) is 1. The van der Waals surface area contributed by atoms with Crippen molar-refractivity contribution in [2.24, 2.45) is 5.73 Å². The lowest BCUT2D eigenvalue weighted by Crippen LogP contribution is -2.55. The lowest BCUT2D eigenvalue weighted by Gasteiger charge is -2.37. The van der Waals surface area contributed by atoms with Crippen LogP contribution in [-0.2, 0) is 0 Å². The highest BCUT2D eigenvalue weighted by atomic mass is 16.3. The molecule has 0 unspecified atom stereocenters. The Morgan fingerprint density at radius 2 is 1.50 bits per heavy atom. The standard InChI is InChI=1S/C12H21N2O2/c13-6-7-14(8-10-15,9-11-16)12-4-2-1-3-5-12/h1-5,15-16H,6-11,13H2/q+1. The molecule has 0 fully saturated rings. The lowest BCUT2D eigenvalue weighted by atomic mass is 10.2. The Balaban J connectivity index is 2.99. The lowest BCUT2D eigenvalue weighted by molar-refractivity contribution is 0.165. The van der Waals surface area contributed by atoms with Gasteiger partial charge in [-0.3, -0.25) is 4.48 Å². The second kappa shape index (κ2) is 6.60. The molecule has 0 amide bonds. The fraction of sp³-hybridized carbons (Fsp3) is 0.500. The summed E-state index contributed by atoms with van der Waals surface area (Å²) in [4.78, 5) is 0. The molecule has 0 atom stereocenters. The van der Waals surface area contributed by atoms with Crippen molar-refractivity contribution in [1.82, 2.24) is 4.48 Å². The van der Waals surface area contributed by atoms with E-state index in [1.54, 1.807) is 0 Å². The fourth-order valence-electron chi connectivity index (χ4n) is 2.10. The average Bonchev–Trinajstić information content (AvgIpc) is 2.31. The van der Waals surface area contributed by atoms with E-state index in [0.717, 1.165) is 12.2 Å². The van der Waals surface area contributed by atoms with Crippen LogP contribution in [0.2, 0.25) is 0 Å². The Bertz CT molecular complexity index is 273. The van der Waals surface area contributed by atoms with Crippen LogP contribution < -0.4 is 10.2 Å². The zero-order valence-electron chi connectivity index (χ0n) is 9.55. The van der Waals surface area contributed by atoms with Gasteiger partial charge in [0.1, 0.15) is 18.8 Å². The van der Waals surface area contributed by atoms with Crippen LogP contribution in [0.15, 0.2) is 30.3 Å². The molecule has 1 aromatic rings. The van der Waals surface area contributed by atoms with Gasteiger partial charge >= 0.3 is 0 Å². The Morgan fingerprint density at radius 3 is 1.94 bits per heavy atom. The van der Waals surface area contributed by atoms with Gasteiger partial charge in [0.05, 0.1) is 19.8 Å². The quantitative estimate of drug-likeness (QED) is 0.569. The summed E-state index contributed by atoms with van der Waals surface area (Å²) in [5.41, 5.74) is 6.73. The first-order chi connectivity index (χ1) is 7.79. The van der Waals surface area contributed by atoms with Crippen molar-refractivity contribution < 1.29 is 10.2 Å². The molecule has 0 heterocycles. The second-order valence-electron chi connectivity index (χ2n) is 3.89. The number of aliphatic hydroxyl groups excluding tert-OH is 2. The summed E-state index contributed by atoms with van der Waals surface area (Å²) in [6.07, 6.45) is 0. The zero-order chi connectivity index (χ0) is 11.9. The number of nitrogens with zero attached hydrogens (tertiary/aromatic N) is 1. The van der Waals surface area contributed by atoms with Crippen molar-refractivity contribution in [1.29, 1.82) is 0 Å². The topological polar surface area (TPSA) is 66.5 Å². The van der Waals surface area contributed by atoms with E-state index in [4.69, 9.17) is 5.73 Å². The zero-order valence-corrected chi connectivity index (χ0v) is 9.55. The van der Waals surface area contributed by atoms with Gasteiger partial charge in [0, 0.05) is 6.54 Å². The van der Waals surface area contributed by atoms with E-state index in [9.17, 15) is 10.2 Å². The van der Waals surface area contributed by atoms with Crippen molar-refractivity contribution in [3.8, 4) is 0 Å². The molecule has 0 aliphatic rings. The summed E-state index contributed by atoms with van der Waals surface area (Å²) >= 11 is 0. The van der Waals surface area contributed by atoms with E-state index in [1.807, 2.05) is 30.3 Å². The number of hydrogen-bond donors (Lipinski definition) is 3. The highest BCUT2D eigenvalue weighted by Gasteiger charge is 2.28. The molecule has 0 aliphatic carbocycles. The van der Waals surface area contributed by atoms with Gasteiger partial charge in [0.25, 0.3) is 0 Å². The number of para-hydroxylation sites is 1. The molecule has 4 heteroatoms. The molecule has 0 saturated carbocycles. The van der Waals surface area contributed by atoms with E-state index in [-0.39, 0.29) is 13.2 Å². The number of quaternary nitrogens is 1. The third-order valence-electron chi connectivity index (χ3n) is 2.92. The molecule has 0 aromatic heterocycles. The summed E-state index contributed by atoms with van der Waals surface area (Å²) in [5.74, 6) is 0. The van der Waals surface area contributed by atoms with Crippen LogP contribution in [0, 0.1) is 0 Å². The van der Waals surface area contributed by atoms with Gasteiger partial charge in [-0.15, -0.1) is 0 Å². The first-order valence-corrected chi connectivity index (χ1v) is 5.62. The van der Waals surface area contributed by atoms with E-state index >= 15 is 0 Å². The summed E-state index contributed by atoms with van der Waals surface area (Å²) < 4.78 is 0.546. The normalized spacial score (nSPS) is 11.7.